The Kier molecular flexibility index (Phi) is 6.17. The fourth-order valence-electron chi connectivity index (χ4n) is 3.24. The van der Waals surface area contributed by atoms with Crippen molar-refractivity contribution in [2.45, 2.75) is 26.3 Å². The molecule has 138 valence electrons. The first-order chi connectivity index (χ1) is 12.5. The number of halogens is 3. The van der Waals surface area contributed by atoms with Gasteiger partial charge in [-0.05, 0) is 62.7 Å². The van der Waals surface area contributed by atoms with Crippen LogP contribution in [0.15, 0.2) is 36.4 Å². The van der Waals surface area contributed by atoms with Gasteiger partial charge in [-0.3, -0.25) is 9.69 Å². The lowest BCUT2D eigenvalue weighted by Gasteiger charge is -2.31. The van der Waals surface area contributed by atoms with Crippen LogP contribution < -0.4 is 5.32 Å². The maximum absolute atomic E-state index is 13.9. The molecule has 26 heavy (non-hydrogen) atoms. The van der Waals surface area contributed by atoms with Gasteiger partial charge in [0.05, 0.1) is 0 Å². The summed E-state index contributed by atoms with van der Waals surface area (Å²) >= 11 is 12.2. The second-order valence-corrected chi connectivity index (χ2v) is 7.47. The molecule has 1 amide bonds. The Hall–Kier alpha value is -1.62. The van der Waals surface area contributed by atoms with Crippen LogP contribution in [0.1, 0.15) is 24.0 Å². The number of anilines is 1. The molecule has 1 aliphatic rings. The molecule has 2 aromatic carbocycles. The lowest BCUT2D eigenvalue weighted by molar-refractivity contribution is -0.121. The first kappa shape index (κ1) is 19.2. The van der Waals surface area contributed by atoms with Crippen LogP contribution in [0.25, 0.3) is 0 Å². The highest BCUT2D eigenvalue weighted by molar-refractivity contribution is 6.32. The van der Waals surface area contributed by atoms with Crippen LogP contribution in [0, 0.1) is 18.7 Å². The third-order valence-corrected chi connectivity index (χ3v) is 5.69. The zero-order chi connectivity index (χ0) is 18.7. The largest absolute Gasteiger partial charge is 0.326 e. The molecule has 0 atom stereocenters. The van der Waals surface area contributed by atoms with Crippen molar-refractivity contribution in [1.29, 1.82) is 0 Å². The van der Waals surface area contributed by atoms with E-state index in [0.717, 1.165) is 37.2 Å². The van der Waals surface area contributed by atoms with Crippen LogP contribution in [0.3, 0.4) is 0 Å². The number of carbonyl (C=O) groups is 1. The van der Waals surface area contributed by atoms with Crippen molar-refractivity contribution in [2.75, 3.05) is 18.4 Å². The van der Waals surface area contributed by atoms with E-state index in [1.165, 1.54) is 6.07 Å². The van der Waals surface area contributed by atoms with Crippen LogP contribution in [0.5, 0.6) is 0 Å². The van der Waals surface area contributed by atoms with E-state index in [9.17, 15) is 9.18 Å². The monoisotopic (exact) mass is 394 g/mol. The minimum Gasteiger partial charge on any atom is -0.326 e. The Balaban J connectivity index is 1.56. The van der Waals surface area contributed by atoms with Crippen molar-refractivity contribution in [3.05, 3.63) is 63.4 Å². The second kappa shape index (κ2) is 8.38. The summed E-state index contributed by atoms with van der Waals surface area (Å²) in [6.45, 7) is 3.82. The minimum absolute atomic E-state index is 0.0129. The lowest BCUT2D eigenvalue weighted by Crippen LogP contribution is -2.38. The van der Waals surface area contributed by atoms with Gasteiger partial charge in [-0.1, -0.05) is 35.3 Å². The molecule has 1 aliphatic heterocycles. The Labute approximate surface area is 163 Å². The predicted molar refractivity (Wildman–Crippen MR) is 104 cm³/mol. The molecule has 1 saturated heterocycles. The predicted octanol–water partition coefficient (Wildman–Crippen LogP) is 5.29. The molecule has 1 N–H and O–H groups in total. The highest BCUT2D eigenvalue weighted by atomic mass is 35.5. The number of carbonyl (C=O) groups excluding carboxylic acids is 1. The lowest BCUT2D eigenvalue weighted by atomic mass is 9.95. The number of rotatable bonds is 4. The van der Waals surface area contributed by atoms with Crippen LogP contribution in [0.4, 0.5) is 10.1 Å². The van der Waals surface area contributed by atoms with Gasteiger partial charge in [0, 0.05) is 33.8 Å². The van der Waals surface area contributed by atoms with Crippen LogP contribution in [-0.2, 0) is 11.3 Å². The molecule has 0 bridgehead atoms. The van der Waals surface area contributed by atoms with E-state index < -0.39 is 0 Å². The maximum Gasteiger partial charge on any atom is 0.227 e. The average molecular weight is 395 g/mol. The molecule has 0 unspecified atom stereocenters. The molecule has 0 aromatic heterocycles. The third kappa shape index (κ3) is 4.37. The second-order valence-electron chi connectivity index (χ2n) is 6.65. The first-order valence-electron chi connectivity index (χ1n) is 8.67. The summed E-state index contributed by atoms with van der Waals surface area (Å²) in [4.78, 5) is 14.7. The molecule has 1 heterocycles. The van der Waals surface area contributed by atoms with Crippen molar-refractivity contribution >= 4 is 34.8 Å². The van der Waals surface area contributed by atoms with Gasteiger partial charge in [0.25, 0.3) is 0 Å². The molecular formula is C20H21Cl2FN2O. The molecule has 0 aliphatic carbocycles. The van der Waals surface area contributed by atoms with E-state index in [1.807, 2.05) is 19.1 Å². The van der Waals surface area contributed by atoms with E-state index in [2.05, 4.69) is 10.2 Å². The molecule has 0 saturated carbocycles. The number of hydrogen-bond acceptors (Lipinski definition) is 2. The number of benzene rings is 2. The fraction of sp³-hybridized carbons (Fsp3) is 0.350. The Morgan fingerprint density at radius 2 is 1.81 bits per heavy atom. The number of amides is 1. The summed E-state index contributed by atoms with van der Waals surface area (Å²) in [6, 6.07) is 10.2. The van der Waals surface area contributed by atoms with Crippen LogP contribution >= 0.6 is 23.2 Å². The number of likely N-dealkylation sites (tertiary alicyclic amines) is 1. The number of piperidine rings is 1. The maximum atomic E-state index is 13.9. The normalized spacial score (nSPS) is 15.8. The molecule has 0 spiro atoms. The van der Waals surface area contributed by atoms with E-state index in [1.54, 1.807) is 18.2 Å². The van der Waals surface area contributed by atoms with Gasteiger partial charge in [0.15, 0.2) is 0 Å². The van der Waals surface area contributed by atoms with Gasteiger partial charge in [-0.25, -0.2) is 4.39 Å². The highest BCUT2D eigenvalue weighted by Gasteiger charge is 2.26. The molecule has 3 rings (SSSR count). The Morgan fingerprint density at radius 1 is 1.15 bits per heavy atom. The smallest absolute Gasteiger partial charge is 0.227 e. The van der Waals surface area contributed by atoms with Crippen molar-refractivity contribution < 1.29 is 9.18 Å². The number of nitrogens with one attached hydrogen (secondary N) is 1. The zero-order valence-electron chi connectivity index (χ0n) is 14.6. The summed E-state index contributed by atoms with van der Waals surface area (Å²) in [5.74, 6) is -0.325. The topological polar surface area (TPSA) is 32.3 Å². The Bertz CT molecular complexity index is 784. The minimum atomic E-state index is -0.284. The van der Waals surface area contributed by atoms with Gasteiger partial charge in [-0.2, -0.15) is 0 Å². The van der Waals surface area contributed by atoms with E-state index >= 15 is 0 Å². The molecular weight excluding hydrogens is 374 g/mol. The summed E-state index contributed by atoms with van der Waals surface area (Å²) in [7, 11) is 0. The van der Waals surface area contributed by atoms with Crippen molar-refractivity contribution in [3.63, 3.8) is 0 Å². The van der Waals surface area contributed by atoms with Crippen molar-refractivity contribution in [2.24, 2.45) is 5.92 Å². The van der Waals surface area contributed by atoms with Crippen molar-refractivity contribution in [1.82, 2.24) is 4.90 Å². The quantitative estimate of drug-likeness (QED) is 0.763. The third-order valence-electron chi connectivity index (χ3n) is 4.93. The summed E-state index contributed by atoms with van der Waals surface area (Å²) in [5.41, 5.74) is 2.14. The van der Waals surface area contributed by atoms with Crippen molar-refractivity contribution in [3.8, 4) is 0 Å². The van der Waals surface area contributed by atoms with Gasteiger partial charge >= 0.3 is 0 Å². The summed E-state index contributed by atoms with van der Waals surface area (Å²) < 4.78 is 13.9. The zero-order valence-corrected chi connectivity index (χ0v) is 16.1. The number of nitrogens with zero attached hydrogens (tertiary/aromatic N) is 1. The first-order valence-corrected chi connectivity index (χ1v) is 9.42. The van der Waals surface area contributed by atoms with Gasteiger partial charge in [0.2, 0.25) is 5.91 Å². The van der Waals surface area contributed by atoms with Crippen LogP contribution in [-0.4, -0.2) is 23.9 Å². The molecule has 0 radical (unpaired) electrons. The standard InChI is InChI=1S/C20H21Cl2FN2O/c1-13-16(21)4-3-7-19(13)24-20(26)14-8-10-25(11-9-14)12-15-17(22)5-2-6-18(15)23/h2-7,14H,8-12H2,1H3,(H,24,26). The van der Waals surface area contributed by atoms with E-state index in [0.29, 0.717) is 22.2 Å². The molecule has 1 fully saturated rings. The molecule has 3 nitrogen and oxygen atoms in total. The summed E-state index contributed by atoms with van der Waals surface area (Å²) in [5, 5.41) is 4.06. The average Bonchev–Trinajstić information content (AvgIpc) is 2.63. The SMILES string of the molecule is Cc1c(Cl)cccc1NC(=O)C1CCN(Cc2c(F)cccc2Cl)CC1. The van der Waals surface area contributed by atoms with Gasteiger partial charge in [-0.15, -0.1) is 0 Å². The fourth-order valence-corrected chi connectivity index (χ4v) is 3.64. The van der Waals surface area contributed by atoms with Gasteiger partial charge < -0.3 is 5.32 Å². The number of hydrogen-bond donors (Lipinski definition) is 1. The molecule has 2 aromatic rings. The highest BCUT2D eigenvalue weighted by Crippen LogP contribution is 2.27. The molecule has 6 heteroatoms. The van der Waals surface area contributed by atoms with E-state index in [4.69, 9.17) is 23.2 Å². The van der Waals surface area contributed by atoms with E-state index in [-0.39, 0.29) is 17.6 Å². The summed E-state index contributed by atoms with van der Waals surface area (Å²) in [6.07, 6.45) is 1.47. The Morgan fingerprint density at radius 3 is 2.50 bits per heavy atom. The van der Waals surface area contributed by atoms with Crippen LogP contribution in [0.2, 0.25) is 10.0 Å². The van der Waals surface area contributed by atoms with Gasteiger partial charge in [0.1, 0.15) is 5.82 Å².